The Balaban J connectivity index is 1.82. The number of rotatable bonds is 4. The third-order valence-electron chi connectivity index (χ3n) is 5.17. The van der Waals surface area contributed by atoms with Gasteiger partial charge < -0.3 is 20.1 Å². The number of piperidine rings is 1. The predicted octanol–water partition coefficient (Wildman–Crippen LogP) is 2.90. The molecule has 0 bridgehead atoms. The van der Waals surface area contributed by atoms with E-state index in [0.29, 0.717) is 0 Å². The fraction of sp³-hybridized carbons (Fsp3) is 0.667. The van der Waals surface area contributed by atoms with E-state index in [0.717, 1.165) is 55.8 Å². The summed E-state index contributed by atoms with van der Waals surface area (Å²) < 4.78 is 12.0. The zero-order valence-electron chi connectivity index (χ0n) is 13.8. The third kappa shape index (κ3) is 3.08. The van der Waals surface area contributed by atoms with Crippen molar-refractivity contribution in [1.82, 2.24) is 4.90 Å². The van der Waals surface area contributed by atoms with Crippen LogP contribution < -0.4 is 15.2 Å². The van der Waals surface area contributed by atoms with Gasteiger partial charge in [-0.05, 0) is 38.8 Å². The van der Waals surface area contributed by atoms with Gasteiger partial charge in [-0.15, -0.1) is 0 Å². The largest absolute Gasteiger partial charge is 0.493 e. The Morgan fingerprint density at radius 1 is 1.18 bits per heavy atom. The van der Waals surface area contributed by atoms with Gasteiger partial charge in [-0.2, -0.15) is 0 Å². The number of nitrogens with zero attached hydrogens (tertiary/aromatic N) is 1. The van der Waals surface area contributed by atoms with E-state index in [-0.39, 0.29) is 11.6 Å². The molecule has 1 aromatic carbocycles. The molecule has 0 atom stereocenters. The van der Waals surface area contributed by atoms with Crippen LogP contribution in [0.15, 0.2) is 18.2 Å². The molecule has 1 aliphatic carbocycles. The monoisotopic (exact) mass is 304 g/mol. The lowest BCUT2D eigenvalue weighted by molar-refractivity contribution is 0.110. The first-order valence-electron chi connectivity index (χ1n) is 8.44. The zero-order chi connectivity index (χ0) is 15.6. The maximum absolute atomic E-state index is 6.63. The first-order chi connectivity index (χ1) is 10.6. The standard InChI is InChI=1S/C18H28N2O2/c1-20-12-8-14(9-13-20)22-16-7-5-6-15(17(16)21-2)18(19)10-3-4-11-18/h5-7,14H,3-4,8-13,19H2,1-2H3. The van der Waals surface area contributed by atoms with Gasteiger partial charge in [-0.25, -0.2) is 0 Å². The summed E-state index contributed by atoms with van der Waals surface area (Å²) in [7, 11) is 3.88. The van der Waals surface area contributed by atoms with Gasteiger partial charge in [0.05, 0.1) is 7.11 Å². The highest BCUT2D eigenvalue weighted by Gasteiger charge is 2.35. The maximum Gasteiger partial charge on any atom is 0.165 e. The topological polar surface area (TPSA) is 47.7 Å². The summed E-state index contributed by atoms with van der Waals surface area (Å²) in [6, 6.07) is 6.17. The van der Waals surface area contributed by atoms with Crippen LogP contribution >= 0.6 is 0 Å². The van der Waals surface area contributed by atoms with Gasteiger partial charge in [0, 0.05) is 24.2 Å². The predicted molar refractivity (Wildman–Crippen MR) is 88.5 cm³/mol. The lowest BCUT2D eigenvalue weighted by Crippen LogP contribution is -2.36. The van der Waals surface area contributed by atoms with E-state index >= 15 is 0 Å². The van der Waals surface area contributed by atoms with Crippen LogP contribution in [-0.2, 0) is 5.54 Å². The first kappa shape index (κ1) is 15.6. The fourth-order valence-electron chi connectivity index (χ4n) is 3.77. The maximum atomic E-state index is 6.63. The third-order valence-corrected chi connectivity index (χ3v) is 5.17. The van der Waals surface area contributed by atoms with E-state index in [4.69, 9.17) is 15.2 Å². The van der Waals surface area contributed by atoms with E-state index in [1.54, 1.807) is 7.11 Å². The summed E-state index contributed by atoms with van der Waals surface area (Å²) in [6.45, 7) is 2.18. The molecule has 22 heavy (non-hydrogen) atoms. The Morgan fingerprint density at radius 3 is 2.50 bits per heavy atom. The molecule has 2 N–H and O–H groups in total. The van der Waals surface area contributed by atoms with Crippen molar-refractivity contribution < 1.29 is 9.47 Å². The van der Waals surface area contributed by atoms with Crippen molar-refractivity contribution in [2.75, 3.05) is 27.2 Å². The van der Waals surface area contributed by atoms with Crippen LogP contribution in [-0.4, -0.2) is 38.3 Å². The number of benzene rings is 1. The molecule has 0 spiro atoms. The number of para-hydroxylation sites is 1. The Bertz CT molecular complexity index is 504. The van der Waals surface area contributed by atoms with Crippen LogP contribution in [0.25, 0.3) is 0 Å². The highest BCUT2D eigenvalue weighted by Crippen LogP contribution is 2.44. The van der Waals surface area contributed by atoms with Crippen molar-refractivity contribution >= 4 is 0 Å². The highest BCUT2D eigenvalue weighted by atomic mass is 16.5. The molecule has 2 fully saturated rings. The average Bonchev–Trinajstić information content (AvgIpc) is 2.97. The molecule has 0 aromatic heterocycles. The summed E-state index contributed by atoms with van der Waals surface area (Å²) in [5.41, 5.74) is 7.49. The van der Waals surface area contributed by atoms with E-state index in [2.05, 4.69) is 24.1 Å². The van der Waals surface area contributed by atoms with Gasteiger partial charge >= 0.3 is 0 Å². The van der Waals surface area contributed by atoms with Gasteiger partial charge in [-0.1, -0.05) is 25.0 Å². The summed E-state index contributed by atoms with van der Waals surface area (Å²) in [4.78, 5) is 2.35. The minimum Gasteiger partial charge on any atom is -0.493 e. The molecule has 1 saturated heterocycles. The second-order valence-electron chi connectivity index (χ2n) is 6.82. The number of hydrogen-bond donors (Lipinski definition) is 1. The second kappa shape index (κ2) is 6.47. The Kier molecular flexibility index (Phi) is 4.59. The minimum atomic E-state index is -0.252. The molecule has 1 aliphatic heterocycles. The second-order valence-corrected chi connectivity index (χ2v) is 6.82. The van der Waals surface area contributed by atoms with Crippen LogP contribution in [0.5, 0.6) is 11.5 Å². The fourth-order valence-corrected chi connectivity index (χ4v) is 3.77. The van der Waals surface area contributed by atoms with Gasteiger partial charge in [0.1, 0.15) is 6.10 Å². The number of likely N-dealkylation sites (tertiary alicyclic amines) is 1. The minimum absolute atomic E-state index is 0.252. The Labute approximate surface area is 133 Å². The van der Waals surface area contributed by atoms with Crippen molar-refractivity contribution in [2.24, 2.45) is 5.73 Å². The van der Waals surface area contributed by atoms with Crippen molar-refractivity contribution in [3.63, 3.8) is 0 Å². The van der Waals surface area contributed by atoms with Crippen LogP contribution in [0.2, 0.25) is 0 Å². The van der Waals surface area contributed by atoms with Crippen molar-refractivity contribution in [2.45, 2.75) is 50.2 Å². The molecule has 1 aromatic rings. The van der Waals surface area contributed by atoms with Gasteiger partial charge in [0.25, 0.3) is 0 Å². The van der Waals surface area contributed by atoms with E-state index in [1.807, 2.05) is 6.07 Å². The SMILES string of the molecule is COc1c(OC2CCN(C)CC2)cccc1C1(N)CCCC1. The highest BCUT2D eigenvalue weighted by molar-refractivity contribution is 5.50. The number of nitrogens with two attached hydrogens (primary N) is 1. The van der Waals surface area contributed by atoms with Gasteiger partial charge in [-0.3, -0.25) is 0 Å². The average molecular weight is 304 g/mol. The Morgan fingerprint density at radius 2 is 1.86 bits per heavy atom. The summed E-state index contributed by atoms with van der Waals surface area (Å²) in [5, 5.41) is 0. The van der Waals surface area contributed by atoms with Crippen LogP contribution in [0.1, 0.15) is 44.1 Å². The Hall–Kier alpha value is -1.26. The normalized spacial score (nSPS) is 22.7. The van der Waals surface area contributed by atoms with E-state index in [1.165, 1.54) is 12.8 Å². The molecule has 1 saturated carbocycles. The van der Waals surface area contributed by atoms with Crippen molar-refractivity contribution in [3.8, 4) is 11.5 Å². The van der Waals surface area contributed by atoms with E-state index < -0.39 is 0 Å². The number of methoxy groups -OCH3 is 1. The molecule has 0 amide bonds. The molecule has 3 rings (SSSR count). The number of hydrogen-bond acceptors (Lipinski definition) is 4. The van der Waals surface area contributed by atoms with Crippen LogP contribution in [0.3, 0.4) is 0 Å². The lowest BCUT2D eigenvalue weighted by atomic mass is 9.88. The summed E-state index contributed by atoms with van der Waals surface area (Å²) in [5.74, 6) is 1.69. The molecule has 1 heterocycles. The molecule has 4 heteroatoms. The first-order valence-corrected chi connectivity index (χ1v) is 8.44. The quantitative estimate of drug-likeness (QED) is 0.929. The van der Waals surface area contributed by atoms with Gasteiger partial charge in [0.15, 0.2) is 11.5 Å². The summed E-state index contributed by atoms with van der Waals surface area (Å²) in [6.07, 6.45) is 6.86. The molecule has 0 radical (unpaired) electrons. The smallest absolute Gasteiger partial charge is 0.165 e. The lowest BCUT2D eigenvalue weighted by Gasteiger charge is -2.31. The zero-order valence-corrected chi connectivity index (χ0v) is 13.8. The molecule has 0 unspecified atom stereocenters. The molecule has 4 nitrogen and oxygen atoms in total. The molecule has 2 aliphatic rings. The van der Waals surface area contributed by atoms with Gasteiger partial charge in [0.2, 0.25) is 0 Å². The summed E-state index contributed by atoms with van der Waals surface area (Å²) >= 11 is 0. The van der Waals surface area contributed by atoms with Crippen LogP contribution in [0, 0.1) is 0 Å². The van der Waals surface area contributed by atoms with Crippen molar-refractivity contribution in [1.29, 1.82) is 0 Å². The van der Waals surface area contributed by atoms with E-state index in [9.17, 15) is 0 Å². The number of ether oxygens (including phenoxy) is 2. The molecular weight excluding hydrogens is 276 g/mol. The van der Waals surface area contributed by atoms with Crippen LogP contribution in [0.4, 0.5) is 0 Å². The molecule has 122 valence electrons. The van der Waals surface area contributed by atoms with Crippen molar-refractivity contribution in [3.05, 3.63) is 23.8 Å². The molecular formula is C18H28N2O2.